The number of carbonyl (C=O) groups is 1. The second-order valence-corrected chi connectivity index (χ2v) is 5.29. The Kier molecular flexibility index (Phi) is 4.22. The molecule has 1 saturated heterocycles. The molecule has 1 atom stereocenters. The first-order valence-corrected chi connectivity index (χ1v) is 6.76. The Morgan fingerprint density at radius 3 is 2.56 bits per heavy atom. The molecule has 1 amide bonds. The van der Waals surface area contributed by atoms with Gasteiger partial charge in [-0.15, -0.1) is 0 Å². The van der Waals surface area contributed by atoms with E-state index in [9.17, 15) is 4.79 Å². The lowest BCUT2D eigenvalue weighted by molar-refractivity contribution is -0.133. The van der Waals surface area contributed by atoms with Crippen LogP contribution in [-0.4, -0.2) is 36.5 Å². The second-order valence-electron chi connectivity index (χ2n) is 5.29. The summed E-state index contributed by atoms with van der Waals surface area (Å²) in [6.45, 7) is 1.09. The first-order chi connectivity index (χ1) is 7.77. The van der Waals surface area contributed by atoms with E-state index in [-0.39, 0.29) is 0 Å². The fraction of sp³-hybridized carbons (Fsp3) is 0.923. The van der Waals surface area contributed by atoms with E-state index in [0.29, 0.717) is 24.4 Å². The molecule has 16 heavy (non-hydrogen) atoms. The summed E-state index contributed by atoms with van der Waals surface area (Å²) in [6, 6.07) is 0.959. The van der Waals surface area contributed by atoms with Crippen LogP contribution in [0.5, 0.6) is 0 Å². The lowest BCUT2D eigenvalue weighted by Crippen LogP contribution is -2.40. The van der Waals surface area contributed by atoms with E-state index in [1.807, 2.05) is 11.9 Å². The molecule has 2 fully saturated rings. The third-order valence-corrected chi connectivity index (χ3v) is 4.10. The van der Waals surface area contributed by atoms with Crippen molar-refractivity contribution < 1.29 is 4.79 Å². The van der Waals surface area contributed by atoms with Crippen LogP contribution in [0.15, 0.2) is 0 Å². The summed E-state index contributed by atoms with van der Waals surface area (Å²) in [6.07, 6.45) is 9.46. The number of carbonyl (C=O) groups excluding carboxylic acids is 1. The van der Waals surface area contributed by atoms with Gasteiger partial charge < -0.3 is 10.2 Å². The smallest absolute Gasteiger partial charge is 0.224 e. The molecule has 92 valence electrons. The number of amides is 1. The second kappa shape index (κ2) is 5.67. The minimum absolute atomic E-state index is 0.339. The van der Waals surface area contributed by atoms with Gasteiger partial charge in [-0.2, -0.15) is 0 Å². The Hall–Kier alpha value is -0.570. The first-order valence-electron chi connectivity index (χ1n) is 6.76. The van der Waals surface area contributed by atoms with Crippen molar-refractivity contribution in [2.24, 2.45) is 0 Å². The van der Waals surface area contributed by atoms with Crippen LogP contribution in [0.2, 0.25) is 0 Å². The standard InChI is InChI=1S/C13H24N2O/c1-15(12-7-3-2-4-8-12)13(16)10-11-6-5-9-14-11/h11-12,14H,2-10H2,1H3. The molecular weight excluding hydrogens is 200 g/mol. The molecule has 1 aliphatic carbocycles. The van der Waals surface area contributed by atoms with Crippen LogP contribution in [0.4, 0.5) is 0 Å². The molecule has 3 heteroatoms. The highest BCUT2D eigenvalue weighted by Gasteiger charge is 2.25. The Morgan fingerprint density at radius 2 is 1.94 bits per heavy atom. The van der Waals surface area contributed by atoms with Crippen molar-refractivity contribution in [1.29, 1.82) is 0 Å². The molecule has 3 nitrogen and oxygen atoms in total. The molecule has 0 aromatic carbocycles. The van der Waals surface area contributed by atoms with Crippen LogP contribution in [-0.2, 0) is 4.79 Å². The van der Waals surface area contributed by atoms with Gasteiger partial charge in [0.25, 0.3) is 0 Å². The molecule has 1 heterocycles. The van der Waals surface area contributed by atoms with Crippen LogP contribution in [0, 0.1) is 0 Å². The number of hydrogen-bond donors (Lipinski definition) is 1. The molecule has 1 saturated carbocycles. The summed E-state index contributed by atoms with van der Waals surface area (Å²) in [5, 5.41) is 3.40. The van der Waals surface area contributed by atoms with Gasteiger partial charge in [0.1, 0.15) is 0 Å². The lowest BCUT2D eigenvalue weighted by atomic mass is 9.94. The Morgan fingerprint density at radius 1 is 1.19 bits per heavy atom. The van der Waals surface area contributed by atoms with Crippen molar-refractivity contribution in [3.8, 4) is 0 Å². The summed E-state index contributed by atoms with van der Waals surface area (Å²) in [5.41, 5.74) is 0. The summed E-state index contributed by atoms with van der Waals surface area (Å²) in [7, 11) is 1.99. The summed E-state index contributed by atoms with van der Waals surface area (Å²) >= 11 is 0. The van der Waals surface area contributed by atoms with Crippen LogP contribution in [0.1, 0.15) is 51.4 Å². The van der Waals surface area contributed by atoms with Crippen molar-refractivity contribution in [1.82, 2.24) is 10.2 Å². The molecular formula is C13H24N2O. The highest BCUT2D eigenvalue weighted by molar-refractivity contribution is 5.76. The van der Waals surface area contributed by atoms with Gasteiger partial charge in [-0.05, 0) is 32.2 Å². The third-order valence-electron chi connectivity index (χ3n) is 4.10. The van der Waals surface area contributed by atoms with Gasteiger partial charge in [-0.3, -0.25) is 4.79 Å². The van der Waals surface area contributed by atoms with Crippen molar-refractivity contribution in [3.05, 3.63) is 0 Å². The zero-order chi connectivity index (χ0) is 11.4. The van der Waals surface area contributed by atoms with Crippen molar-refractivity contribution in [2.75, 3.05) is 13.6 Å². The highest BCUT2D eigenvalue weighted by atomic mass is 16.2. The van der Waals surface area contributed by atoms with Gasteiger partial charge in [0.2, 0.25) is 5.91 Å². The average molecular weight is 224 g/mol. The van der Waals surface area contributed by atoms with Crippen LogP contribution in [0.3, 0.4) is 0 Å². The number of nitrogens with zero attached hydrogens (tertiary/aromatic N) is 1. The lowest BCUT2D eigenvalue weighted by Gasteiger charge is -2.32. The van der Waals surface area contributed by atoms with E-state index in [4.69, 9.17) is 0 Å². The van der Waals surface area contributed by atoms with Gasteiger partial charge in [-0.25, -0.2) is 0 Å². The first kappa shape index (κ1) is 11.9. The molecule has 1 aliphatic heterocycles. The van der Waals surface area contributed by atoms with E-state index in [1.165, 1.54) is 44.9 Å². The summed E-state index contributed by atoms with van der Waals surface area (Å²) < 4.78 is 0. The van der Waals surface area contributed by atoms with E-state index < -0.39 is 0 Å². The summed E-state index contributed by atoms with van der Waals surface area (Å²) in [4.78, 5) is 14.1. The molecule has 0 aromatic heterocycles. The van der Waals surface area contributed by atoms with Gasteiger partial charge in [0.15, 0.2) is 0 Å². The third kappa shape index (κ3) is 2.97. The van der Waals surface area contributed by atoms with E-state index >= 15 is 0 Å². The normalized spacial score (nSPS) is 26.9. The van der Waals surface area contributed by atoms with Crippen molar-refractivity contribution in [2.45, 2.75) is 63.5 Å². The van der Waals surface area contributed by atoms with E-state index in [0.717, 1.165) is 6.54 Å². The average Bonchev–Trinajstić information content (AvgIpc) is 2.82. The monoisotopic (exact) mass is 224 g/mol. The van der Waals surface area contributed by atoms with Crippen LogP contribution >= 0.6 is 0 Å². The largest absolute Gasteiger partial charge is 0.343 e. The van der Waals surface area contributed by atoms with Crippen molar-refractivity contribution >= 4 is 5.91 Å². The van der Waals surface area contributed by atoms with Crippen LogP contribution < -0.4 is 5.32 Å². The minimum Gasteiger partial charge on any atom is -0.343 e. The maximum Gasteiger partial charge on any atom is 0.224 e. The minimum atomic E-state index is 0.339. The maximum absolute atomic E-state index is 12.1. The molecule has 1 unspecified atom stereocenters. The molecule has 2 rings (SSSR count). The number of hydrogen-bond acceptors (Lipinski definition) is 2. The SMILES string of the molecule is CN(C(=O)CC1CCCN1)C1CCCCC1. The Bertz CT molecular complexity index is 230. The van der Waals surface area contributed by atoms with Crippen molar-refractivity contribution in [3.63, 3.8) is 0 Å². The maximum atomic E-state index is 12.1. The topological polar surface area (TPSA) is 32.3 Å². The zero-order valence-corrected chi connectivity index (χ0v) is 10.4. The predicted molar refractivity (Wildman–Crippen MR) is 65.3 cm³/mol. The fourth-order valence-corrected chi connectivity index (χ4v) is 2.96. The Balaban J connectivity index is 1.78. The molecule has 0 radical (unpaired) electrons. The predicted octanol–water partition coefficient (Wildman–Crippen LogP) is 1.92. The number of rotatable bonds is 3. The highest BCUT2D eigenvalue weighted by Crippen LogP contribution is 2.22. The van der Waals surface area contributed by atoms with Gasteiger partial charge >= 0.3 is 0 Å². The quantitative estimate of drug-likeness (QED) is 0.794. The van der Waals surface area contributed by atoms with Gasteiger partial charge in [-0.1, -0.05) is 19.3 Å². The molecule has 1 N–H and O–H groups in total. The van der Waals surface area contributed by atoms with Gasteiger partial charge in [0.05, 0.1) is 0 Å². The van der Waals surface area contributed by atoms with E-state index in [1.54, 1.807) is 0 Å². The fourth-order valence-electron chi connectivity index (χ4n) is 2.96. The number of nitrogens with one attached hydrogen (secondary N) is 1. The molecule has 0 bridgehead atoms. The van der Waals surface area contributed by atoms with Gasteiger partial charge in [0, 0.05) is 25.6 Å². The van der Waals surface area contributed by atoms with Crippen LogP contribution in [0.25, 0.3) is 0 Å². The summed E-state index contributed by atoms with van der Waals surface area (Å²) in [5.74, 6) is 0.339. The zero-order valence-electron chi connectivity index (χ0n) is 10.4. The molecule has 0 spiro atoms. The Labute approximate surface area is 98.6 Å². The molecule has 2 aliphatic rings. The van der Waals surface area contributed by atoms with E-state index in [2.05, 4.69) is 5.32 Å². The molecule has 0 aromatic rings.